The third kappa shape index (κ3) is 4.86. The van der Waals surface area contributed by atoms with Crippen LogP contribution in [0, 0.1) is 6.92 Å². The van der Waals surface area contributed by atoms with Gasteiger partial charge in [0, 0.05) is 25.9 Å². The Labute approximate surface area is 163 Å². The quantitative estimate of drug-likeness (QED) is 0.747. The van der Waals surface area contributed by atoms with E-state index in [2.05, 4.69) is 5.32 Å². The molecule has 26 heavy (non-hydrogen) atoms. The number of aryl methyl sites for hydroxylation is 1. The van der Waals surface area contributed by atoms with Crippen molar-refractivity contribution in [2.24, 2.45) is 0 Å². The Morgan fingerprint density at radius 2 is 1.77 bits per heavy atom. The molecule has 0 fully saturated rings. The normalized spacial score (nSPS) is 11.9. The molecule has 0 spiro atoms. The first-order valence-corrected chi connectivity index (χ1v) is 9.78. The van der Waals surface area contributed by atoms with Crippen LogP contribution in [0.25, 0.3) is 6.08 Å². The summed E-state index contributed by atoms with van der Waals surface area (Å²) in [6.45, 7) is 1.70. The predicted molar refractivity (Wildman–Crippen MR) is 106 cm³/mol. The standard InChI is InChI=1S/C18H18Cl2N2O3S/c1-12-4-7-14(11-17(12)26(24,25)22(2)3)21-18(23)9-6-13-5-8-15(19)16(20)10-13/h4-11H,1-3H3,(H,21,23)/b9-6+. The minimum Gasteiger partial charge on any atom is -0.322 e. The second kappa shape index (κ2) is 8.22. The van der Waals surface area contributed by atoms with Crippen LogP contribution in [-0.4, -0.2) is 32.7 Å². The summed E-state index contributed by atoms with van der Waals surface area (Å²) >= 11 is 11.8. The molecule has 2 rings (SSSR count). The maximum atomic E-state index is 12.3. The van der Waals surface area contributed by atoms with E-state index >= 15 is 0 Å². The summed E-state index contributed by atoms with van der Waals surface area (Å²) < 4.78 is 25.8. The van der Waals surface area contributed by atoms with Gasteiger partial charge in [-0.15, -0.1) is 0 Å². The van der Waals surface area contributed by atoms with Crippen molar-refractivity contribution in [1.82, 2.24) is 4.31 Å². The van der Waals surface area contributed by atoms with E-state index in [1.807, 2.05) is 0 Å². The van der Waals surface area contributed by atoms with Gasteiger partial charge in [0.15, 0.2) is 0 Å². The minimum atomic E-state index is -3.59. The molecule has 0 aliphatic heterocycles. The number of hydrogen-bond acceptors (Lipinski definition) is 3. The fourth-order valence-corrected chi connectivity index (χ4v) is 3.58. The van der Waals surface area contributed by atoms with Crippen LogP contribution in [0.2, 0.25) is 10.0 Å². The first kappa shape index (κ1) is 20.5. The zero-order chi connectivity index (χ0) is 19.5. The average molecular weight is 413 g/mol. The number of carbonyl (C=O) groups excluding carboxylic acids is 1. The van der Waals surface area contributed by atoms with Crippen molar-refractivity contribution < 1.29 is 13.2 Å². The number of benzene rings is 2. The van der Waals surface area contributed by atoms with Crippen LogP contribution in [0.5, 0.6) is 0 Å². The second-order valence-corrected chi connectivity index (χ2v) is 8.70. The predicted octanol–water partition coefficient (Wildman–Crippen LogP) is 4.20. The van der Waals surface area contributed by atoms with Crippen molar-refractivity contribution in [3.63, 3.8) is 0 Å². The topological polar surface area (TPSA) is 66.5 Å². The highest BCUT2D eigenvalue weighted by atomic mass is 35.5. The highest BCUT2D eigenvalue weighted by molar-refractivity contribution is 7.89. The molecule has 0 aliphatic rings. The highest BCUT2D eigenvalue weighted by Gasteiger charge is 2.20. The smallest absolute Gasteiger partial charge is 0.248 e. The lowest BCUT2D eigenvalue weighted by Crippen LogP contribution is -2.23. The van der Waals surface area contributed by atoms with Gasteiger partial charge in [-0.1, -0.05) is 35.3 Å². The fourth-order valence-electron chi connectivity index (χ4n) is 2.12. The fraction of sp³-hybridized carbons (Fsp3) is 0.167. The van der Waals surface area contributed by atoms with Crippen molar-refractivity contribution in [3.8, 4) is 0 Å². The van der Waals surface area contributed by atoms with E-state index in [0.29, 0.717) is 26.9 Å². The van der Waals surface area contributed by atoms with Gasteiger partial charge in [0.1, 0.15) is 0 Å². The van der Waals surface area contributed by atoms with E-state index in [1.165, 1.54) is 26.2 Å². The Morgan fingerprint density at radius 1 is 1.08 bits per heavy atom. The molecular weight excluding hydrogens is 395 g/mol. The van der Waals surface area contributed by atoms with E-state index in [1.54, 1.807) is 43.3 Å². The maximum Gasteiger partial charge on any atom is 0.248 e. The molecule has 2 aromatic carbocycles. The van der Waals surface area contributed by atoms with Gasteiger partial charge in [0.25, 0.3) is 0 Å². The average Bonchev–Trinajstić information content (AvgIpc) is 2.57. The molecule has 0 aromatic heterocycles. The van der Waals surface area contributed by atoms with E-state index in [9.17, 15) is 13.2 Å². The van der Waals surface area contributed by atoms with Gasteiger partial charge in [-0.05, 0) is 48.4 Å². The molecular formula is C18H18Cl2N2O3S. The van der Waals surface area contributed by atoms with Gasteiger partial charge in [-0.3, -0.25) is 4.79 Å². The van der Waals surface area contributed by atoms with Crippen molar-refractivity contribution in [2.75, 3.05) is 19.4 Å². The van der Waals surface area contributed by atoms with Crippen LogP contribution in [-0.2, 0) is 14.8 Å². The SMILES string of the molecule is Cc1ccc(NC(=O)/C=C/c2ccc(Cl)c(Cl)c2)cc1S(=O)(=O)N(C)C. The van der Waals surface area contributed by atoms with Gasteiger partial charge in [0.2, 0.25) is 15.9 Å². The summed E-state index contributed by atoms with van der Waals surface area (Å²) in [5.41, 5.74) is 1.71. The Kier molecular flexibility index (Phi) is 6.47. The summed E-state index contributed by atoms with van der Waals surface area (Å²) in [6, 6.07) is 9.74. The van der Waals surface area contributed by atoms with Crippen LogP contribution in [0.1, 0.15) is 11.1 Å². The molecule has 0 aliphatic carbocycles. The summed E-state index contributed by atoms with van der Waals surface area (Å²) in [6.07, 6.45) is 2.92. The molecule has 0 heterocycles. The molecule has 2 aromatic rings. The van der Waals surface area contributed by atoms with E-state index in [0.717, 1.165) is 4.31 Å². The molecule has 1 amide bonds. The van der Waals surface area contributed by atoms with Crippen LogP contribution >= 0.6 is 23.2 Å². The van der Waals surface area contributed by atoms with Gasteiger partial charge in [0.05, 0.1) is 14.9 Å². The highest BCUT2D eigenvalue weighted by Crippen LogP contribution is 2.24. The number of nitrogens with one attached hydrogen (secondary N) is 1. The monoisotopic (exact) mass is 412 g/mol. The Morgan fingerprint density at radius 3 is 2.38 bits per heavy atom. The van der Waals surface area contributed by atoms with Crippen LogP contribution in [0.15, 0.2) is 47.4 Å². The number of nitrogens with zero attached hydrogens (tertiary/aromatic N) is 1. The lowest BCUT2D eigenvalue weighted by molar-refractivity contribution is -0.111. The lowest BCUT2D eigenvalue weighted by Gasteiger charge is -2.14. The number of hydrogen-bond donors (Lipinski definition) is 1. The Bertz CT molecular complexity index is 970. The van der Waals surface area contributed by atoms with Gasteiger partial charge in [-0.2, -0.15) is 0 Å². The van der Waals surface area contributed by atoms with Crippen molar-refractivity contribution in [1.29, 1.82) is 0 Å². The van der Waals surface area contributed by atoms with Crippen molar-refractivity contribution in [3.05, 3.63) is 63.6 Å². The lowest BCUT2D eigenvalue weighted by atomic mass is 10.2. The second-order valence-electron chi connectivity index (χ2n) is 5.76. The van der Waals surface area contributed by atoms with Gasteiger partial charge >= 0.3 is 0 Å². The number of amides is 1. The van der Waals surface area contributed by atoms with E-state index in [4.69, 9.17) is 23.2 Å². The molecule has 0 radical (unpaired) electrons. The van der Waals surface area contributed by atoms with Crippen LogP contribution in [0.3, 0.4) is 0 Å². The first-order valence-electron chi connectivity index (χ1n) is 7.58. The number of anilines is 1. The number of sulfonamides is 1. The summed E-state index contributed by atoms with van der Waals surface area (Å²) in [4.78, 5) is 12.2. The molecule has 0 bridgehead atoms. The maximum absolute atomic E-state index is 12.3. The molecule has 5 nitrogen and oxygen atoms in total. The van der Waals surface area contributed by atoms with Crippen LogP contribution in [0.4, 0.5) is 5.69 Å². The molecule has 0 atom stereocenters. The zero-order valence-electron chi connectivity index (χ0n) is 14.5. The number of rotatable bonds is 5. The Hall–Kier alpha value is -1.86. The number of carbonyl (C=O) groups is 1. The van der Waals surface area contributed by atoms with Gasteiger partial charge < -0.3 is 5.32 Å². The molecule has 0 saturated heterocycles. The van der Waals surface area contributed by atoms with Crippen LogP contribution < -0.4 is 5.32 Å². The molecule has 8 heteroatoms. The summed E-state index contributed by atoms with van der Waals surface area (Å²) in [5, 5.41) is 3.48. The molecule has 0 unspecified atom stereocenters. The molecule has 138 valence electrons. The van der Waals surface area contributed by atoms with Crippen molar-refractivity contribution in [2.45, 2.75) is 11.8 Å². The van der Waals surface area contributed by atoms with Crippen molar-refractivity contribution >= 4 is 50.9 Å². The minimum absolute atomic E-state index is 0.147. The first-order chi connectivity index (χ1) is 12.1. The third-order valence-electron chi connectivity index (χ3n) is 3.59. The van der Waals surface area contributed by atoms with E-state index < -0.39 is 15.9 Å². The van der Waals surface area contributed by atoms with Gasteiger partial charge in [-0.25, -0.2) is 12.7 Å². The summed E-state index contributed by atoms with van der Waals surface area (Å²) in [7, 11) is -0.676. The summed E-state index contributed by atoms with van der Waals surface area (Å²) in [5.74, 6) is -0.395. The Balaban J connectivity index is 2.19. The largest absolute Gasteiger partial charge is 0.322 e. The molecule has 0 saturated carbocycles. The third-order valence-corrected chi connectivity index (χ3v) is 6.28. The number of halogens is 2. The van der Waals surface area contributed by atoms with E-state index in [-0.39, 0.29) is 4.90 Å². The zero-order valence-corrected chi connectivity index (χ0v) is 16.8. The molecule has 1 N–H and O–H groups in total.